The summed E-state index contributed by atoms with van der Waals surface area (Å²) in [5.41, 5.74) is 1.01. The zero-order valence-electron chi connectivity index (χ0n) is 10.7. The zero-order valence-corrected chi connectivity index (χ0v) is 12.3. The van der Waals surface area contributed by atoms with Crippen molar-refractivity contribution >= 4 is 29.2 Å². The lowest BCUT2D eigenvalue weighted by atomic mass is 10.2. The molecule has 0 spiro atoms. The first-order valence-electron chi connectivity index (χ1n) is 5.69. The molecule has 100 valence electrons. The van der Waals surface area contributed by atoms with Gasteiger partial charge in [0, 0.05) is 6.07 Å². The van der Waals surface area contributed by atoms with E-state index in [9.17, 15) is 10.1 Å². The molecule has 0 aliphatic carbocycles. The molecule has 0 aromatic heterocycles. The molecule has 1 aromatic carbocycles. The van der Waals surface area contributed by atoms with Crippen molar-refractivity contribution in [3.63, 3.8) is 0 Å². The van der Waals surface area contributed by atoms with Crippen LogP contribution in [0.4, 0.5) is 5.69 Å². The molecular formula is C12H17NO3S2. The van der Waals surface area contributed by atoms with Gasteiger partial charge in [-0.2, -0.15) is 0 Å². The van der Waals surface area contributed by atoms with E-state index < -0.39 is 4.92 Å². The molecule has 0 unspecified atom stereocenters. The van der Waals surface area contributed by atoms with Crippen molar-refractivity contribution in [2.24, 2.45) is 0 Å². The van der Waals surface area contributed by atoms with E-state index in [0.717, 1.165) is 17.1 Å². The van der Waals surface area contributed by atoms with Crippen LogP contribution in [-0.4, -0.2) is 23.5 Å². The minimum absolute atomic E-state index is 0.0356. The molecular weight excluding hydrogens is 270 g/mol. The molecule has 0 saturated heterocycles. The number of hydrogen-bond acceptors (Lipinski definition) is 5. The fourth-order valence-electron chi connectivity index (χ4n) is 1.54. The molecule has 0 aliphatic rings. The van der Waals surface area contributed by atoms with E-state index in [1.54, 1.807) is 35.7 Å². The van der Waals surface area contributed by atoms with Crippen molar-refractivity contribution in [1.29, 1.82) is 0 Å². The van der Waals surface area contributed by atoms with E-state index in [1.165, 1.54) is 7.11 Å². The second-order valence-corrected chi connectivity index (χ2v) is 6.49. The number of nitro groups is 1. The van der Waals surface area contributed by atoms with Gasteiger partial charge in [0.2, 0.25) is 0 Å². The van der Waals surface area contributed by atoms with Gasteiger partial charge in [-0.15, -0.1) is 23.5 Å². The molecule has 0 saturated carbocycles. The van der Waals surface area contributed by atoms with E-state index in [0.29, 0.717) is 5.75 Å². The maximum Gasteiger partial charge on any atom is 0.311 e. The molecule has 0 bridgehead atoms. The van der Waals surface area contributed by atoms with Crippen LogP contribution in [0.2, 0.25) is 0 Å². The van der Waals surface area contributed by atoms with Crippen LogP contribution in [0.15, 0.2) is 18.2 Å². The number of ether oxygens (including phenoxy) is 1. The monoisotopic (exact) mass is 287 g/mol. The van der Waals surface area contributed by atoms with Gasteiger partial charge in [0.1, 0.15) is 0 Å². The van der Waals surface area contributed by atoms with Crippen LogP contribution in [0, 0.1) is 10.1 Å². The highest BCUT2D eigenvalue weighted by atomic mass is 32.2. The summed E-state index contributed by atoms with van der Waals surface area (Å²) >= 11 is 3.57. The molecule has 1 aromatic rings. The summed E-state index contributed by atoms with van der Waals surface area (Å²) < 4.78 is 5.25. The topological polar surface area (TPSA) is 52.4 Å². The molecule has 4 nitrogen and oxygen atoms in total. The normalized spacial score (nSPS) is 10.7. The standard InChI is InChI=1S/C12H17NO3S2/c1-4-17-12(18-5-2)9-6-7-11(16-3)10(8-9)13(14)15/h6-8,12H,4-5H2,1-3H3. The van der Waals surface area contributed by atoms with Crippen LogP contribution in [-0.2, 0) is 0 Å². The minimum atomic E-state index is -0.396. The molecule has 18 heavy (non-hydrogen) atoms. The Hall–Kier alpha value is -0.880. The van der Waals surface area contributed by atoms with Gasteiger partial charge in [0.05, 0.1) is 16.6 Å². The van der Waals surface area contributed by atoms with Gasteiger partial charge in [-0.25, -0.2) is 0 Å². The molecule has 0 radical (unpaired) electrons. The van der Waals surface area contributed by atoms with Crippen molar-refractivity contribution < 1.29 is 9.66 Å². The molecule has 0 fully saturated rings. The van der Waals surface area contributed by atoms with Crippen molar-refractivity contribution in [3.05, 3.63) is 33.9 Å². The van der Waals surface area contributed by atoms with Gasteiger partial charge in [0.25, 0.3) is 0 Å². The maximum absolute atomic E-state index is 11.0. The summed E-state index contributed by atoms with van der Waals surface area (Å²) in [6.45, 7) is 4.18. The summed E-state index contributed by atoms with van der Waals surface area (Å²) in [5.74, 6) is 2.28. The van der Waals surface area contributed by atoms with Gasteiger partial charge in [-0.05, 0) is 23.1 Å². The quantitative estimate of drug-likeness (QED) is 0.429. The molecule has 0 heterocycles. The SMILES string of the molecule is CCSC(SCC)c1ccc(OC)c([N+](=O)[O-])c1. The van der Waals surface area contributed by atoms with Gasteiger partial charge in [-0.1, -0.05) is 19.9 Å². The van der Waals surface area contributed by atoms with Crippen LogP contribution < -0.4 is 4.74 Å². The highest BCUT2D eigenvalue weighted by Gasteiger charge is 2.19. The average molecular weight is 287 g/mol. The van der Waals surface area contributed by atoms with Crippen LogP contribution in [0.3, 0.4) is 0 Å². The van der Waals surface area contributed by atoms with Crippen molar-refractivity contribution in [3.8, 4) is 5.75 Å². The third-order valence-electron chi connectivity index (χ3n) is 2.31. The number of hydrogen-bond donors (Lipinski definition) is 0. The Kier molecular flexibility index (Phi) is 6.35. The Morgan fingerprint density at radius 2 is 1.94 bits per heavy atom. The van der Waals surface area contributed by atoms with Gasteiger partial charge < -0.3 is 4.74 Å². The number of thioether (sulfide) groups is 2. The predicted octanol–water partition coefficient (Wildman–Crippen LogP) is 4.11. The first-order valence-corrected chi connectivity index (χ1v) is 7.79. The maximum atomic E-state index is 11.0. The Morgan fingerprint density at radius 3 is 2.39 bits per heavy atom. The Morgan fingerprint density at radius 1 is 1.33 bits per heavy atom. The van der Waals surface area contributed by atoms with Gasteiger partial charge >= 0.3 is 5.69 Å². The van der Waals surface area contributed by atoms with E-state index in [4.69, 9.17) is 4.74 Å². The Labute approximate surface area is 116 Å². The third-order valence-corrected chi connectivity index (χ3v) is 4.94. The first kappa shape index (κ1) is 15.2. The fourth-order valence-corrected chi connectivity index (χ4v) is 4.02. The number of nitrogens with zero attached hydrogens (tertiary/aromatic N) is 1. The lowest BCUT2D eigenvalue weighted by Gasteiger charge is -2.15. The minimum Gasteiger partial charge on any atom is -0.490 e. The van der Waals surface area contributed by atoms with E-state index in [1.807, 2.05) is 6.07 Å². The van der Waals surface area contributed by atoms with Crippen LogP contribution in [0.5, 0.6) is 5.75 Å². The number of benzene rings is 1. The lowest BCUT2D eigenvalue weighted by molar-refractivity contribution is -0.385. The predicted molar refractivity (Wildman–Crippen MR) is 78.7 cm³/mol. The third kappa shape index (κ3) is 3.81. The molecule has 1 rings (SSSR count). The lowest BCUT2D eigenvalue weighted by Crippen LogP contribution is -1.97. The Balaban J connectivity index is 3.08. The summed E-state index contributed by atoms with van der Waals surface area (Å²) in [4.78, 5) is 10.6. The number of methoxy groups -OCH3 is 1. The van der Waals surface area contributed by atoms with Crippen molar-refractivity contribution in [2.75, 3.05) is 18.6 Å². The zero-order chi connectivity index (χ0) is 13.5. The van der Waals surface area contributed by atoms with Crippen LogP contribution in [0.1, 0.15) is 24.0 Å². The van der Waals surface area contributed by atoms with Crippen LogP contribution in [0.25, 0.3) is 0 Å². The smallest absolute Gasteiger partial charge is 0.311 e. The molecule has 0 N–H and O–H groups in total. The summed E-state index contributed by atoms with van der Waals surface area (Å²) in [7, 11) is 1.45. The second kappa shape index (κ2) is 7.53. The highest BCUT2D eigenvalue weighted by molar-refractivity contribution is 8.16. The average Bonchev–Trinajstić information content (AvgIpc) is 2.37. The molecule has 6 heteroatoms. The van der Waals surface area contributed by atoms with E-state index >= 15 is 0 Å². The molecule has 0 atom stereocenters. The largest absolute Gasteiger partial charge is 0.490 e. The van der Waals surface area contributed by atoms with E-state index in [-0.39, 0.29) is 10.3 Å². The first-order chi connectivity index (χ1) is 8.63. The van der Waals surface area contributed by atoms with Crippen LogP contribution >= 0.6 is 23.5 Å². The van der Waals surface area contributed by atoms with Gasteiger partial charge in [-0.3, -0.25) is 10.1 Å². The molecule has 0 amide bonds. The summed E-state index contributed by atoms with van der Waals surface area (Å²) in [6, 6.07) is 5.20. The summed E-state index contributed by atoms with van der Waals surface area (Å²) in [5, 5.41) is 11.0. The number of rotatable bonds is 7. The van der Waals surface area contributed by atoms with E-state index in [2.05, 4.69) is 13.8 Å². The molecule has 0 aliphatic heterocycles. The highest BCUT2D eigenvalue weighted by Crippen LogP contribution is 2.41. The Bertz CT molecular complexity index is 406. The van der Waals surface area contributed by atoms with Crippen molar-refractivity contribution in [1.82, 2.24) is 0 Å². The van der Waals surface area contributed by atoms with Crippen molar-refractivity contribution in [2.45, 2.75) is 18.4 Å². The number of nitro benzene ring substituents is 1. The van der Waals surface area contributed by atoms with Gasteiger partial charge in [0.15, 0.2) is 5.75 Å². The second-order valence-electron chi connectivity index (χ2n) is 3.43. The fraction of sp³-hybridized carbons (Fsp3) is 0.500. The summed E-state index contributed by atoms with van der Waals surface area (Å²) in [6.07, 6.45) is 0.